The summed E-state index contributed by atoms with van der Waals surface area (Å²) in [5.41, 5.74) is -0.0851. The summed E-state index contributed by atoms with van der Waals surface area (Å²) < 4.78 is 0. The highest BCUT2D eigenvalue weighted by Crippen LogP contribution is 2.30. The molecule has 6 heteroatoms. The van der Waals surface area contributed by atoms with Gasteiger partial charge in [-0.3, -0.25) is 0 Å². The predicted molar refractivity (Wildman–Crippen MR) is 76.9 cm³/mol. The highest BCUT2D eigenvalue weighted by Gasteiger charge is 2.36. The number of hydrogen-bond acceptors (Lipinski definition) is 4. The lowest BCUT2D eigenvalue weighted by atomic mass is 9.85. The molecule has 1 aromatic rings. The van der Waals surface area contributed by atoms with Gasteiger partial charge in [0.15, 0.2) is 5.13 Å². The van der Waals surface area contributed by atoms with Crippen molar-refractivity contribution < 1.29 is 9.90 Å². The maximum absolute atomic E-state index is 11.5. The summed E-state index contributed by atoms with van der Waals surface area (Å²) in [6.45, 7) is 8.46. The molecule has 1 unspecified atom stereocenters. The lowest BCUT2D eigenvalue weighted by Crippen LogP contribution is -2.51. The third kappa shape index (κ3) is 3.18. The summed E-state index contributed by atoms with van der Waals surface area (Å²) in [6, 6.07) is -0.0172. The molecule has 1 aliphatic heterocycles. The van der Waals surface area contributed by atoms with Gasteiger partial charge in [0.2, 0.25) is 0 Å². The Morgan fingerprint density at radius 1 is 1.47 bits per heavy atom. The van der Waals surface area contributed by atoms with Crippen LogP contribution in [0.2, 0.25) is 0 Å². The minimum absolute atomic E-state index is 0.0172. The summed E-state index contributed by atoms with van der Waals surface area (Å²) in [5.74, 6) is 0. The molecule has 1 atom stereocenters. The van der Waals surface area contributed by atoms with E-state index >= 15 is 0 Å². The van der Waals surface area contributed by atoms with Crippen molar-refractivity contribution in [3.8, 4) is 0 Å². The van der Waals surface area contributed by atoms with E-state index in [9.17, 15) is 9.90 Å². The minimum atomic E-state index is -0.819. The zero-order chi connectivity index (χ0) is 14.0. The molecule has 2 heterocycles. The van der Waals surface area contributed by atoms with Gasteiger partial charge in [0, 0.05) is 31.2 Å². The Morgan fingerprint density at radius 3 is 2.74 bits per heavy atom. The Balaban J connectivity index is 2.24. The number of aromatic nitrogens is 1. The number of carboxylic acid groups (broad SMARTS) is 1. The van der Waals surface area contributed by atoms with Gasteiger partial charge < -0.3 is 14.9 Å². The molecule has 1 fully saturated rings. The van der Waals surface area contributed by atoms with Gasteiger partial charge in [0.05, 0.1) is 6.04 Å². The van der Waals surface area contributed by atoms with E-state index in [1.807, 2.05) is 5.38 Å². The van der Waals surface area contributed by atoms with Crippen molar-refractivity contribution >= 4 is 22.6 Å². The minimum Gasteiger partial charge on any atom is -0.465 e. The lowest BCUT2D eigenvalue weighted by Gasteiger charge is -2.38. The number of nitrogens with zero attached hydrogens (tertiary/aromatic N) is 3. The lowest BCUT2D eigenvalue weighted by molar-refractivity contribution is 0.0902. The third-order valence-electron chi connectivity index (χ3n) is 3.53. The number of carbonyl (C=O) groups is 1. The van der Waals surface area contributed by atoms with E-state index in [1.165, 1.54) is 0 Å². The average molecular weight is 283 g/mol. The zero-order valence-corrected chi connectivity index (χ0v) is 12.5. The van der Waals surface area contributed by atoms with Crippen molar-refractivity contribution in [1.82, 2.24) is 9.88 Å². The number of thiazole rings is 1. The highest BCUT2D eigenvalue weighted by atomic mass is 32.1. The molecule has 0 spiro atoms. The smallest absolute Gasteiger partial charge is 0.407 e. The second-order valence-electron chi connectivity index (χ2n) is 5.97. The highest BCUT2D eigenvalue weighted by molar-refractivity contribution is 7.13. The molecule has 0 aliphatic carbocycles. The molecule has 1 saturated heterocycles. The van der Waals surface area contributed by atoms with Crippen molar-refractivity contribution in [1.29, 1.82) is 0 Å². The molecule has 0 saturated carbocycles. The van der Waals surface area contributed by atoms with Crippen LogP contribution >= 0.6 is 11.3 Å². The van der Waals surface area contributed by atoms with Gasteiger partial charge in [-0.25, -0.2) is 9.78 Å². The fourth-order valence-corrected chi connectivity index (χ4v) is 3.18. The molecule has 2 rings (SSSR count). The Labute approximate surface area is 117 Å². The average Bonchev–Trinajstić information content (AvgIpc) is 2.72. The first-order valence-electron chi connectivity index (χ1n) is 6.53. The second-order valence-corrected chi connectivity index (χ2v) is 6.85. The molecule has 106 valence electrons. The summed E-state index contributed by atoms with van der Waals surface area (Å²) in [7, 11) is 0. The maximum Gasteiger partial charge on any atom is 0.407 e. The van der Waals surface area contributed by atoms with Crippen LogP contribution < -0.4 is 4.90 Å². The van der Waals surface area contributed by atoms with Crippen molar-refractivity contribution in [3.63, 3.8) is 0 Å². The quantitative estimate of drug-likeness (QED) is 0.861. The van der Waals surface area contributed by atoms with Gasteiger partial charge in [-0.05, 0) is 11.8 Å². The first-order valence-corrected chi connectivity index (χ1v) is 7.41. The van der Waals surface area contributed by atoms with E-state index in [0.29, 0.717) is 13.1 Å². The van der Waals surface area contributed by atoms with Crippen molar-refractivity contribution in [2.24, 2.45) is 5.41 Å². The monoisotopic (exact) mass is 283 g/mol. The van der Waals surface area contributed by atoms with Crippen LogP contribution in [0, 0.1) is 5.41 Å². The van der Waals surface area contributed by atoms with Crippen LogP contribution in [0.25, 0.3) is 0 Å². The Morgan fingerprint density at radius 2 is 2.21 bits per heavy atom. The summed E-state index contributed by atoms with van der Waals surface area (Å²) in [4.78, 5) is 19.6. The van der Waals surface area contributed by atoms with Crippen molar-refractivity contribution in [2.75, 3.05) is 24.5 Å². The van der Waals surface area contributed by atoms with Crippen LogP contribution in [-0.4, -0.2) is 46.8 Å². The number of hydrogen-bond donors (Lipinski definition) is 1. The molecule has 0 aromatic carbocycles. The van der Waals surface area contributed by atoms with E-state index < -0.39 is 6.09 Å². The van der Waals surface area contributed by atoms with Gasteiger partial charge in [0.25, 0.3) is 0 Å². The first-order chi connectivity index (χ1) is 8.89. The maximum atomic E-state index is 11.5. The molecular weight excluding hydrogens is 262 g/mol. The fourth-order valence-electron chi connectivity index (χ4n) is 2.50. The van der Waals surface area contributed by atoms with Crippen LogP contribution in [-0.2, 0) is 0 Å². The Bertz CT molecular complexity index is 428. The van der Waals surface area contributed by atoms with Gasteiger partial charge in [-0.15, -0.1) is 11.3 Å². The number of rotatable bonds is 1. The Kier molecular flexibility index (Phi) is 3.99. The molecule has 0 bridgehead atoms. The van der Waals surface area contributed by atoms with E-state index in [2.05, 4.69) is 30.7 Å². The third-order valence-corrected chi connectivity index (χ3v) is 4.36. The molecule has 19 heavy (non-hydrogen) atoms. The largest absolute Gasteiger partial charge is 0.465 e. The van der Waals surface area contributed by atoms with Crippen LogP contribution in [0.5, 0.6) is 0 Å². The van der Waals surface area contributed by atoms with Crippen molar-refractivity contribution in [2.45, 2.75) is 33.2 Å². The van der Waals surface area contributed by atoms with Crippen molar-refractivity contribution in [3.05, 3.63) is 11.6 Å². The van der Waals surface area contributed by atoms with E-state index in [0.717, 1.165) is 18.1 Å². The normalized spacial score (nSPS) is 21.3. The topological polar surface area (TPSA) is 56.7 Å². The summed E-state index contributed by atoms with van der Waals surface area (Å²) >= 11 is 1.61. The van der Waals surface area contributed by atoms with Gasteiger partial charge in [-0.2, -0.15) is 0 Å². The van der Waals surface area contributed by atoms with Crippen LogP contribution in [0.15, 0.2) is 11.6 Å². The molecule has 1 aliphatic rings. The number of amides is 1. The van der Waals surface area contributed by atoms with Gasteiger partial charge in [0.1, 0.15) is 0 Å². The SMILES string of the molecule is CC(C)(C)C1CN(c2nccs2)CCCN1C(=O)O. The van der Waals surface area contributed by atoms with E-state index in [1.54, 1.807) is 22.4 Å². The van der Waals surface area contributed by atoms with Gasteiger partial charge >= 0.3 is 6.09 Å². The zero-order valence-electron chi connectivity index (χ0n) is 11.7. The predicted octanol–water partition coefficient (Wildman–Crippen LogP) is 2.75. The first kappa shape index (κ1) is 14.1. The molecule has 1 amide bonds. The molecule has 1 aromatic heterocycles. The Hall–Kier alpha value is -1.30. The molecular formula is C13H21N3O2S. The summed E-state index contributed by atoms with van der Waals surface area (Å²) in [5, 5.41) is 12.4. The molecule has 0 radical (unpaired) electrons. The van der Waals surface area contributed by atoms with E-state index in [-0.39, 0.29) is 11.5 Å². The van der Waals surface area contributed by atoms with Gasteiger partial charge in [-0.1, -0.05) is 20.8 Å². The molecule has 1 N–H and O–H groups in total. The fraction of sp³-hybridized carbons (Fsp3) is 0.692. The van der Waals surface area contributed by atoms with Crippen LogP contribution in [0.1, 0.15) is 27.2 Å². The van der Waals surface area contributed by atoms with Crippen LogP contribution in [0.4, 0.5) is 9.93 Å². The number of anilines is 1. The summed E-state index contributed by atoms with van der Waals surface area (Å²) in [6.07, 6.45) is 1.82. The van der Waals surface area contributed by atoms with E-state index in [4.69, 9.17) is 0 Å². The van der Waals surface area contributed by atoms with Crippen LogP contribution in [0.3, 0.4) is 0 Å². The second kappa shape index (κ2) is 5.36. The standard InChI is InChI=1S/C13H21N3O2S/c1-13(2,3)10-9-15(11-14-5-8-19-11)6-4-7-16(10)12(17)18/h5,8,10H,4,6-7,9H2,1-3H3,(H,17,18). The molecule has 5 nitrogen and oxygen atoms in total.